The first-order valence-electron chi connectivity index (χ1n) is 8.31. The molecule has 6 nitrogen and oxygen atoms in total. The Morgan fingerprint density at radius 1 is 1.24 bits per heavy atom. The topological polar surface area (TPSA) is 75.7 Å². The van der Waals surface area contributed by atoms with Crippen molar-refractivity contribution in [3.63, 3.8) is 0 Å². The molecule has 1 amide bonds. The zero-order valence-electron chi connectivity index (χ0n) is 13.4. The Morgan fingerprint density at radius 2 is 1.92 bits per heavy atom. The Labute approximate surface area is 150 Å². The van der Waals surface area contributed by atoms with E-state index in [1.54, 1.807) is 0 Å². The number of rotatable bonds is 5. The van der Waals surface area contributed by atoms with Crippen LogP contribution in [-0.4, -0.2) is 37.8 Å². The first kappa shape index (κ1) is 17.1. The molecular weight excluding hydrogens is 371 g/mol. The number of benzene rings is 1. The fraction of sp³-hybridized carbons (Fsp3) is 0.562. The lowest BCUT2D eigenvalue weighted by Crippen LogP contribution is -2.49. The van der Waals surface area contributed by atoms with Crippen molar-refractivity contribution in [2.24, 2.45) is 11.8 Å². The van der Waals surface area contributed by atoms with Gasteiger partial charge in [0.1, 0.15) is 11.6 Å². The summed E-state index contributed by atoms with van der Waals surface area (Å²) in [4.78, 5) is 12.1. The molecule has 0 aromatic heterocycles. The van der Waals surface area contributed by atoms with Gasteiger partial charge in [-0.15, -0.1) is 0 Å². The molecule has 0 spiro atoms. The molecule has 136 valence electrons. The van der Waals surface area contributed by atoms with Crippen molar-refractivity contribution in [2.45, 2.75) is 31.8 Å². The second kappa shape index (κ2) is 6.10. The highest BCUT2D eigenvalue weighted by atomic mass is 35.5. The van der Waals surface area contributed by atoms with Crippen molar-refractivity contribution in [3.8, 4) is 5.75 Å². The third-order valence-electron chi connectivity index (χ3n) is 5.14. The predicted molar refractivity (Wildman–Crippen MR) is 89.2 cm³/mol. The van der Waals surface area contributed by atoms with Gasteiger partial charge in [0.2, 0.25) is 0 Å². The van der Waals surface area contributed by atoms with Crippen LogP contribution in [-0.2, 0) is 10.2 Å². The van der Waals surface area contributed by atoms with Crippen LogP contribution in [0.25, 0.3) is 0 Å². The molecule has 4 rings (SSSR count). The zero-order valence-corrected chi connectivity index (χ0v) is 14.9. The standard InChI is InChI=1S/C16H18ClFN2O4S/c17-13-7-12(16(21)19-25(22,23)20-2-1-3-20)14(18)8-15(13)24-11-5-9-4-10(9)6-11/h7-11H,1-6H2,(H,19,21)/t9-,10+,11+. The fourth-order valence-electron chi connectivity index (χ4n) is 3.49. The number of carbonyl (C=O) groups excluding carboxylic acids is 1. The Kier molecular flexibility index (Phi) is 4.16. The number of fused-ring (bicyclic) bond motifs is 1. The lowest BCUT2D eigenvalue weighted by atomic mass is 10.1. The van der Waals surface area contributed by atoms with E-state index in [4.69, 9.17) is 16.3 Å². The number of halogens is 2. The van der Waals surface area contributed by atoms with Gasteiger partial charge < -0.3 is 4.74 Å². The molecule has 2 aliphatic carbocycles. The van der Waals surface area contributed by atoms with E-state index in [2.05, 4.69) is 0 Å². The average Bonchev–Trinajstić information content (AvgIpc) is 3.06. The molecule has 1 aliphatic heterocycles. The molecule has 0 radical (unpaired) electrons. The van der Waals surface area contributed by atoms with E-state index in [0.717, 1.165) is 35.7 Å². The van der Waals surface area contributed by atoms with Crippen molar-refractivity contribution < 1.29 is 22.3 Å². The van der Waals surface area contributed by atoms with Crippen molar-refractivity contribution >= 4 is 27.7 Å². The summed E-state index contributed by atoms with van der Waals surface area (Å²) < 4.78 is 46.9. The van der Waals surface area contributed by atoms with Gasteiger partial charge in [0, 0.05) is 19.2 Å². The number of nitrogens with zero attached hydrogens (tertiary/aromatic N) is 1. The zero-order chi connectivity index (χ0) is 17.8. The molecule has 1 aromatic carbocycles. The molecule has 3 atom stereocenters. The lowest BCUT2D eigenvalue weighted by Gasteiger charge is -2.29. The van der Waals surface area contributed by atoms with E-state index in [1.165, 1.54) is 6.42 Å². The van der Waals surface area contributed by atoms with Crippen LogP contribution in [0.15, 0.2) is 12.1 Å². The molecule has 2 saturated carbocycles. The van der Waals surface area contributed by atoms with Crippen molar-refractivity contribution in [3.05, 3.63) is 28.5 Å². The molecule has 9 heteroatoms. The quantitative estimate of drug-likeness (QED) is 0.840. The highest BCUT2D eigenvalue weighted by Gasteiger charge is 2.47. The van der Waals surface area contributed by atoms with Gasteiger partial charge >= 0.3 is 10.2 Å². The second-order valence-corrected chi connectivity index (χ2v) is 9.00. The van der Waals surface area contributed by atoms with Crippen molar-refractivity contribution in [1.82, 2.24) is 9.03 Å². The number of hydrogen-bond donors (Lipinski definition) is 1. The summed E-state index contributed by atoms with van der Waals surface area (Å²) in [5.41, 5.74) is -0.421. The van der Waals surface area contributed by atoms with Gasteiger partial charge in [-0.3, -0.25) is 4.79 Å². The van der Waals surface area contributed by atoms with Crippen LogP contribution >= 0.6 is 11.6 Å². The summed E-state index contributed by atoms with van der Waals surface area (Å²) in [6.07, 6.45) is 3.89. The summed E-state index contributed by atoms with van der Waals surface area (Å²) in [7, 11) is -3.94. The minimum atomic E-state index is -3.94. The van der Waals surface area contributed by atoms with E-state index >= 15 is 0 Å². The van der Waals surface area contributed by atoms with Gasteiger partial charge in [0.05, 0.1) is 16.7 Å². The summed E-state index contributed by atoms with van der Waals surface area (Å²) in [5, 5.41) is 0.0912. The first-order chi connectivity index (χ1) is 11.8. The molecule has 0 unspecified atom stereocenters. The molecule has 1 N–H and O–H groups in total. The van der Waals surface area contributed by atoms with E-state index in [1.807, 2.05) is 4.72 Å². The highest BCUT2D eigenvalue weighted by molar-refractivity contribution is 7.87. The molecule has 1 heterocycles. The van der Waals surface area contributed by atoms with Crippen LogP contribution in [0.5, 0.6) is 5.75 Å². The highest BCUT2D eigenvalue weighted by Crippen LogP contribution is 2.52. The Morgan fingerprint density at radius 3 is 2.52 bits per heavy atom. The molecule has 1 aromatic rings. The van der Waals surface area contributed by atoms with Gasteiger partial charge in [-0.25, -0.2) is 9.11 Å². The first-order valence-corrected chi connectivity index (χ1v) is 10.1. The maximum absolute atomic E-state index is 14.3. The number of hydrogen-bond acceptors (Lipinski definition) is 4. The number of amides is 1. The maximum atomic E-state index is 14.3. The van der Waals surface area contributed by atoms with Gasteiger partial charge in [-0.1, -0.05) is 11.6 Å². The largest absolute Gasteiger partial charge is 0.489 e. The van der Waals surface area contributed by atoms with E-state index in [-0.39, 0.29) is 16.9 Å². The maximum Gasteiger partial charge on any atom is 0.304 e. The third kappa shape index (κ3) is 3.35. The fourth-order valence-corrected chi connectivity index (χ4v) is 4.91. The van der Waals surface area contributed by atoms with Crippen LogP contribution in [0.4, 0.5) is 4.39 Å². The molecule has 1 saturated heterocycles. The minimum absolute atomic E-state index is 0.0205. The Bertz CT molecular complexity index is 818. The normalized spacial score (nSPS) is 28.2. The van der Waals surface area contributed by atoms with Crippen LogP contribution < -0.4 is 9.46 Å². The third-order valence-corrected chi connectivity index (χ3v) is 6.92. The smallest absolute Gasteiger partial charge is 0.304 e. The summed E-state index contributed by atoms with van der Waals surface area (Å²) in [6.45, 7) is 0.698. The van der Waals surface area contributed by atoms with Crippen LogP contribution in [0.1, 0.15) is 36.0 Å². The van der Waals surface area contributed by atoms with Crippen LogP contribution in [0.2, 0.25) is 5.02 Å². The monoisotopic (exact) mass is 388 g/mol. The molecule has 0 bridgehead atoms. The average molecular weight is 389 g/mol. The van der Waals surface area contributed by atoms with E-state index in [0.29, 0.717) is 24.9 Å². The SMILES string of the molecule is O=C(NS(=O)(=O)N1CCC1)c1cc(Cl)c(O[C@@H]2C[C@@H]3C[C@@H]3C2)cc1F. The van der Waals surface area contributed by atoms with Gasteiger partial charge in [0.25, 0.3) is 5.91 Å². The molecule has 25 heavy (non-hydrogen) atoms. The van der Waals surface area contributed by atoms with E-state index in [9.17, 15) is 17.6 Å². The van der Waals surface area contributed by atoms with Crippen LogP contribution in [0, 0.1) is 17.7 Å². The summed E-state index contributed by atoms with van der Waals surface area (Å²) >= 11 is 6.11. The lowest BCUT2D eigenvalue weighted by molar-refractivity contribution is 0.0973. The Balaban J connectivity index is 1.48. The molecule has 3 fully saturated rings. The molecule has 3 aliphatic rings. The predicted octanol–water partition coefficient (Wildman–Crippen LogP) is 2.34. The molecular formula is C16H18ClFN2O4S. The van der Waals surface area contributed by atoms with Crippen molar-refractivity contribution in [2.75, 3.05) is 13.1 Å². The van der Waals surface area contributed by atoms with E-state index < -0.39 is 27.5 Å². The minimum Gasteiger partial charge on any atom is -0.489 e. The van der Waals surface area contributed by atoms with Gasteiger partial charge in [0.15, 0.2) is 0 Å². The number of nitrogens with one attached hydrogen (secondary N) is 1. The van der Waals surface area contributed by atoms with Crippen LogP contribution in [0.3, 0.4) is 0 Å². The second-order valence-electron chi connectivity index (χ2n) is 6.92. The summed E-state index contributed by atoms with van der Waals surface area (Å²) in [5.74, 6) is -0.290. The Hall–Kier alpha value is -1.38. The van der Waals surface area contributed by atoms with Gasteiger partial charge in [-0.05, 0) is 43.6 Å². The number of carbonyl (C=O) groups is 1. The van der Waals surface area contributed by atoms with Gasteiger partial charge in [-0.2, -0.15) is 12.7 Å². The number of ether oxygens (including phenoxy) is 1. The van der Waals surface area contributed by atoms with Crippen molar-refractivity contribution in [1.29, 1.82) is 0 Å². The summed E-state index contributed by atoms with van der Waals surface area (Å²) in [6, 6.07) is 2.17.